The molecule has 3 saturated carbocycles. The summed E-state index contributed by atoms with van der Waals surface area (Å²) in [4.78, 5) is 23.0. The van der Waals surface area contributed by atoms with Gasteiger partial charge in [-0.3, -0.25) is 9.59 Å². The van der Waals surface area contributed by atoms with Crippen LogP contribution in [0.15, 0.2) is 0 Å². The van der Waals surface area contributed by atoms with E-state index in [1.165, 1.54) is 0 Å². The van der Waals surface area contributed by atoms with Crippen molar-refractivity contribution in [2.75, 3.05) is 6.61 Å². The number of hydrogen-bond donors (Lipinski definition) is 0. The molecule has 0 saturated heterocycles. The summed E-state index contributed by atoms with van der Waals surface area (Å²) >= 11 is 0. The van der Waals surface area contributed by atoms with E-state index in [1.807, 2.05) is 6.92 Å². The molecule has 76 valence electrons. The van der Waals surface area contributed by atoms with Crippen molar-refractivity contribution >= 4 is 11.8 Å². The summed E-state index contributed by atoms with van der Waals surface area (Å²) < 4.78 is 5.03. The molecule has 3 rings (SSSR count). The van der Waals surface area contributed by atoms with Crippen LogP contribution in [0.4, 0.5) is 0 Å². The summed E-state index contributed by atoms with van der Waals surface area (Å²) in [5, 5.41) is 0. The predicted molar refractivity (Wildman–Crippen MR) is 48.3 cm³/mol. The number of rotatable bonds is 2. The molecule has 0 spiro atoms. The Morgan fingerprint density at radius 3 is 2.86 bits per heavy atom. The van der Waals surface area contributed by atoms with Crippen LogP contribution in [-0.2, 0) is 14.3 Å². The molecule has 0 heterocycles. The highest BCUT2D eigenvalue weighted by atomic mass is 16.5. The second kappa shape index (κ2) is 2.59. The van der Waals surface area contributed by atoms with Gasteiger partial charge in [0.25, 0.3) is 0 Å². The van der Waals surface area contributed by atoms with Crippen molar-refractivity contribution in [2.45, 2.75) is 19.8 Å². The van der Waals surface area contributed by atoms with Crippen molar-refractivity contribution in [1.82, 2.24) is 0 Å². The van der Waals surface area contributed by atoms with Crippen LogP contribution in [0.3, 0.4) is 0 Å². The highest BCUT2D eigenvalue weighted by Gasteiger charge is 2.71. The Bertz CT molecular complexity index is 310. The van der Waals surface area contributed by atoms with Crippen LogP contribution in [0.5, 0.6) is 0 Å². The Labute approximate surface area is 82.8 Å². The molecule has 0 aromatic carbocycles. The maximum absolute atomic E-state index is 11.6. The van der Waals surface area contributed by atoms with E-state index in [-0.39, 0.29) is 17.8 Å². The Morgan fingerprint density at radius 1 is 1.50 bits per heavy atom. The molecule has 3 aliphatic rings. The van der Waals surface area contributed by atoms with Crippen LogP contribution in [0.1, 0.15) is 19.8 Å². The minimum Gasteiger partial charge on any atom is -0.466 e. The maximum Gasteiger partial charge on any atom is 0.309 e. The molecule has 5 atom stereocenters. The third-order valence-corrected chi connectivity index (χ3v) is 4.12. The summed E-state index contributed by atoms with van der Waals surface area (Å²) in [5.41, 5.74) is 0. The minimum atomic E-state index is -0.0674. The molecule has 0 amide bonds. The molecule has 3 nitrogen and oxygen atoms in total. The summed E-state index contributed by atoms with van der Waals surface area (Å²) in [5.74, 6) is 2.03. The number of ketones is 1. The zero-order valence-corrected chi connectivity index (χ0v) is 8.23. The lowest BCUT2D eigenvalue weighted by Gasteiger charge is -2.11. The van der Waals surface area contributed by atoms with Crippen molar-refractivity contribution < 1.29 is 14.3 Å². The normalized spacial score (nSPS) is 47.8. The monoisotopic (exact) mass is 194 g/mol. The van der Waals surface area contributed by atoms with E-state index in [0.717, 1.165) is 12.8 Å². The van der Waals surface area contributed by atoms with Crippen LogP contribution >= 0.6 is 0 Å². The second-order valence-corrected chi connectivity index (χ2v) is 4.71. The smallest absolute Gasteiger partial charge is 0.309 e. The SMILES string of the molecule is CCOC(=O)[C@@H]1C[C@H]2CC(=O)C3[C@H]2[C@@H]31. The van der Waals surface area contributed by atoms with Crippen LogP contribution in [-0.4, -0.2) is 18.4 Å². The van der Waals surface area contributed by atoms with E-state index in [1.54, 1.807) is 0 Å². The summed E-state index contributed by atoms with van der Waals surface area (Å²) in [6, 6.07) is 0. The molecule has 3 heteroatoms. The van der Waals surface area contributed by atoms with Crippen LogP contribution in [0.2, 0.25) is 0 Å². The van der Waals surface area contributed by atoms with Gasteiger partial charge >= 0.3 is 5.97 Å². The number of fused-ring (bicyclic) bond motifs is 1. The molecule has 3 fully saturated rings. The summed E-state index contributed by atoms with van der Waals surface area (Å²) in [6.45, 7) is 2.28. The average molecular weight is 194 g/mol. The zero-order chi connectivity index (χ0) is 9.87. The van der Waals surface area contributed by atoms with E-state index in [9.17, 15) is 9.59 Å². The van der Waals surface area contributed by atoms with Crippen molar-refractivity contribution in [2.24, 2.45) is 29.6 Å². The first-order valence-electron chi connectivity index (χ1n) is 5.43. The first-order valence-corrected chi connectivity index (χ1v) is 5.43. The number of Topliss-reactive ketones (excluding diaryl/α,β-unsaturated/α-hetero) is 1. The van der Waals surface area contributed by atoms with Gasteiger partial charge in [-0.1, -0.05) is 0 Å². The van der Waals surface area contributed by atoms with Crippen molar-refractivity contribution in [3.63, 3.8) is 0 Å². The number of esters is 1. The van der Waals surface area contributed by atoms with Crippen molar-refractivity contribution in [3.05, 3.63) is 0 Å². The second-order valence-electron chi connectivity index (χ2n) is 4.71. The van der Waals surface area contributed by atoms with E-state index in [4.69, 9.17) is 4.74 Å². The molecule has 14 heavy (non-hydrogen) atoms. The Balaban J connectivity index is 1.75. The third-order valence-electron chi connectivity index (χ3n) is 4.12. The predicted octanol–water partition coefficient (Wildman–Crippen LogP) is 1.02. The van der Waals surface area contributed by atoms with E-state index in [2.05, 4.69) is 0 Å². The Kier molecular flexibility index (Phi) is 1.56. The number of carbonyl (C=O) groups excluding carboxylic acids is 2. The molecule has 0 N–H and O–H groups in total. The fraction of sp³-hybridized carbons (Fsp3) is 0.818. The molecular formula is C11H14O3. The molecule has 0 bridgehead atoms. The van der Waals surface area contributed by atoms with Gasteiger partial charge in [-0.05, 0) is 31.1 Å². The van der Waals surface area contributed by atoms with Gasteiger partial charge in [0.15, 0.2) is 0 Å². The number of carbonyl (C=O) groups is 2. The molecule has 1 unspecified atom stereocenters. The number of hydrogen-bond acceptors (Lipinski definition) is 3. The van der Waals surface area contributed by atoms with Gasteiger partial charge in [0.2, 0.25) is 0 Å². The molecule has 3 aliphatic carbocycles. The quantitative estimate of drug-likeness (QED) is 0.616. The van der Waals surface area contributed by atoms with Gasteiger partial charge in [0, 0.05) is 12.3 Å². The standard InChI is InChI=1S/C11H14O3/c1-2-14-11(13)6-3-5-4-7(12)10-8(5)9(6)10/h5-6,8-10H,2-4H2,1H3/t5-,6+,8+,9-,10?/m0/s1. The minimum absolute atomic E-state index is 0.0430. The lowest BCUT2D eigenvalue weighted by Crippen LogP contribution is -2.19. The van der Waals surface area contributed by atoms with Gasteiger partial charge < -0.3 is 4.74 Å². The Hall–Kier alpha value is -0.860. The maximum atomic E-state index is 11.6. The fourth-order valence-electron chi connectivity index (χ4n) is 3.67. The molecule has 0 aromatic heterocycles. The number of ether oxygens (including phenoxy) is 1. The first-order chi connectivity index (χ1) is 6.74. The summed E-state index contributed by atoms with van der Waals surface area (Å²) in [6.07, 6.45) is 1.62. The van der Waals surface area contributed by atoms with Gasteiger partial charge in [-0.25, -0.2) is 0 Å². The third kappa shape index (κ3) is 0.877. The molecule has 0 aromatic rings. The van der Waals surface area contributed by atoms with Crippen molar-refractivity contribution in [1.29, 1.82) is 0 Å². The van der Waals surface area contributed by atoms with Crippen molar-refractivity contribution in [3.8, 4) is 0 Å². The molecule has 0 aliphatic heterocycles. The summed E-state index contributed by atoms with van der Waals surface area (Å²) in [7, 11) is 0. The highest BCUT2D eigenvalue weighted by molar-refractivity contribution is 5.90. The van der Waals surface area contributed by atoms with Crippen LogP contribution < -0.4 is 0 Å². The Morgan fingerprint density at radius 2 is 2.29 bits per heavy atom. The van der Waals surface area contributed by atoms with Gasteiger partial charge in [-0.2, -0.15) is 0 Å². The van der Waals surface area contributed by atoms with E-state index >= 15 is 0 Å². The molecular weight excluding hydrogens is 180 g/mol. The largest absolute Gasteiger partial charge is 0.466 e. The van der Waals surface area contributed by atoms with Gasteiger partial charge in [0.05, 0.1) is 12.5 Å². The topological polar surface area (TPSA) is 43.4 Å². The van der Waals surface area contributed by atoms with Crippen LogP contribution in [0, 0.1) is 29.6 Å². The van der Waals surface area contributed by atoms with E-state index in [0.29, 0.717) is 30.1 Å². The fourth-order valence-corrected chi connectivity index (χ4v) is 3.67. The molecule has 0 radical (unpaired) electrons. The lowest BCUT2D eigenvalue weighted by molar-refractivity contribution is -0.148. The first kappa shape index (κ1) is 8.45. The highest BCUT2D eigenvalue weighted by Crippen LogP contribution is 2.69. The zero-order valence-electron chi connectivity index (χ0n) is 8.23. The van der Waals surface area contributed by atoms with Gasteiger partial charge in [-0.15, -0.1) is 0 Å². The van der Waals surface area contributed by atoms with E-state index < -0.39 is 0 Å². The lowest BCUT2D eigenvalue weighted by atomic mass is 9.99. The van der Waals surface area contributed by atoms with Crippen LogP contribution in [0.25, 0.3) is 0 Å². The average Bonchev–Trinajstić information content (AvgIpc) is 2.70. The van der Waals surface area contributed by atoms with Gasteiger partial charge in [0.1, 0.15) is 5.78 Å².